The van der Waals surface area contributed by atoms with E-state index in [4.69, 9.17) is 16.9 Å². The van der Waals surface area contributed by atoms with Gasteiger partial charge in [-0.1, -0.05) is 54.1 Å². The topological polar surface area (TPSA) is 52.9 Å². The van der Waals surface area contributed by atoms with Crippen LogP contribution in [-0.2, 0) is 11.2 Å². The second-order valence-electron chi connectivity index (χ2n) is 4.34. The van der Waals surface area contributed by atoms with Gasteiger partial charge in [-0.25, -0.2) is 0 Å². The van der Waals surface area contributed by atoms with Crippen LogP contribution < -0.4 is 5.32 Å². The van der Waals surface area contributed by atoms with Gasteiger partial charge in [0.2, 0.25) is 5.91 Å². The molecule has 4 heteroatoms. The number of hydrogen-bond donors (Lipinski definition) is 1. The highest BCUT2D eigenvalue weighted by atomic mass is 35.5. The third kappa shape index (κ3) is 3.59. The average Bonchev–Trinajstić information content (AvgIpc) is 2.48. The third-order valence-electron chi connectivity index (χ3n) is 2.89. The Bertz CT molecular complexity index is 634. The van der Waals surface area contributed by atoms with Gasteiger partial charge in [0.25, 0.3) is 0 Å². The lowest BCUT2D eigenvalue weighted by molar-refractivity contribution is -0.118. The smallest absolute Gasteiger partial charge is 0.242 e. The molecule has 0 saturated heterocycles. The van der Waals surface area contributed by atoms with Crippen molar-refractivity contribution in [3.63, 3.8) is 0 Å². The number of para-hydroxylation sites is 1. The highest BCUT2D eigenvalue weighted by Gasteiger charge is 2.19. The normalized spacial score (nSPS) is 11.4. The lowest BCUT2D eigenvalue weighted by Crippen LogP contribution is -2.23. The van der Waals surface area contributed by atoms with Gasteiger partial charge < -0.3 is 5.32 Å². The molecular weight excluding hydrogens is 272 g/mol. The Balaban J connectivity index is 2.07. The number of amides is 1. The van der Waals surface area contributed by atoms with E-state index in [0.717, 1.165) is 5.56 Å². The minimum absolute atomic E-state index is 0.343. The number of nitrogens with zero attached hydrogens (tertiary/aromatic N) is 1. The second-order valence-corrected chi connectivity index (χ2v) is 4.75. The fraction of sp³-hybridized carbons (Fsp3) is 0.125. The molecule has 0 aliphatic heterocycles. The summed E-state index contributed by atoms with van der Waals surface area (Å²) in [7, 11) is 0. The van der Waals surface area contributed by atoms with Gasteiger partial charge in [0.05, 0.1) is 16.8 Å². The third-order valence-corrected chi connectivity index (χ3v) is 3.22. The highest BCUT2D eigenvalue weighted by Crippen LogP contribution is 2.21. The predicted molar refractivity (Wildman–Crippen MR) is 79.3 cm³/mol. The van der Waals surface area contributed by atoms with Crippen molar-refractivity contribution in [2.24, 2.45) is 5.92 Å². The van der Waals surface area contributed by atoms with E-state index in [-0.39, 0.29) is 5.91 Å². The zero-order valence-electron chi connectivity index (χ0n) is 10.7. The van der Waals surface area contributed by atoms with Gasteiger partial charge in [0.1, 0.15) is 5.92 Å². The number of anilines is 1. The Morgan fingerprint density at radius 2 is 1.80 bits per heavy atom. The molecule has 0 bridgehead atoms. The van der Waals surface area contributed by atoms with Crippen LogP contribution in [0.1, 0.15) is 5.56 Å². The quantitative estimate of drug-likeness (QED) is 0.931. The summed E-state index contributed by atoms with van der Waals surface area (Å²) < 4.78 is 0. The first-order valence-electron chi connectivity index (χ1n) is 6.19. The summed E-state index contributed by atoms with van der Waals surface area (Å²) in [6.07, 6.45) is 0.383. The largest absolute Gasteiger partial charge is 0.324 e. The molecular formula is C16H13ClN2O. The Labute approximate surface area is 122 Å². The molecule has 0 fully saturated rings. The summed E-state index contributed by atoms with van der Waals surface area (Å²) in [5, 5.41) is 12.3. The van der Waals surface area contributed by atoms with E-state index >= 15 is 0 Å². The Hall–Kier alpha value is -2.31. The number of carbonyl (C=O) groups excluding carboxylic acids is 1. The van der Waals surface area contributed by atoms with Crippen molar-refractivity contribution < 1.29 is 4.79 Å². The van der Waals surface area contributed by atoms with Gasteiger partial charge in [-0.05, 0) is 24.1 Å². The molecule has 1 unspecified atom stereocenters. The molecule has 0 radical (unpaired) electrons. The van der Waals surface area contributed by atoms with Crippen molar-refractivity contribution in [1.82, 2.24) is 0 Å². The van der Waals surface area contributed by atoms with E-state index < -0.39 is 5.92 Å². The molecule has 2 aromatic carbocycles. The van der Waals surface area contributed by atoms with Gasteiger partial charge in [0, 0.05) is 0 Å². The second kappa shape index (κ2) is 6.74. The maximum absolute atomic E-state index is 12.1. The highest BCUT2D eigenvalue weighted by molar-refractivity contribution is 6.33. The van der Waals surface area contributed by atoms with Crippen LogP contribution in [0.3, 0.4) is 0 Å². The lowest BCUT2D eigenvalue weighted by atomic mass is 10.00. The molecule has 2 aromatic rings. The van der Waals surface area contributed by atoms with Crippen LogP contribution >= 0.6 is 11.6 Å². The number of halogens is 1. The number of hydrogen-bond acceptors (Lipinski definition) is 2. The number of carbonyl (C=O) groups is 1. The minimum Gasteiger partial charge on any atom is -0.324 e. The zero-order chi connectivity index (χ0) is 14.4. The molecule has 2 rings (SSSR count). The first kappa shape index (κ1) is 14.1. The van der Waals surface area contributed by atoms with Crippen molar-refractivity contribution in [1.29, 1.82) is 5.26 Å². The van der Waals surface area contributed by atoms with Crippen molar-refractivity contribution >= 4 is 23.2 Å². The van der Waals surface area contributed by atoms with Gasteiger partial charge in [0.15, 0.2) is 0 Å². The summed E-state index contributed by atoms with van der Waals surface area (Å²) in [6, 6.07) is 18.4. The predicted octanol–water partition coefficient (Wildman–Crippen LogP) is 3.66. The fourth-order valence-corrected chi connectivity index (χ4v) is 2.01. The molecule has 0 aromatic heterocycles. The Morgan fingerprint density at radius 1 is 1.15 bits per heavy atom. The zero-order valence-corrected chi connectivity index (χ0v) is 11.5. The van der Waals surface area contributed by atoms with Gasteiger partial charge in [-0.15, -0.1) is 0 Å². The summed E-state index contributed by atoms with van der Waals surface area (Å²) in [6.45, 7) is 0. The van der Waals surface area contributed by atoms with Crippen LogP contribution in [-0.4, -0.2) is 5.91 Å². The standard InChI is InChI=1S/C16H13ClN2O/c17-14-8-4-5-9-15(14)19-16(20)13(11-18)10-12-6-2-1-3-7-12/h1-9,13H,10H2,(H,19,20). The van der Waals surface area contributed by atoms with Crippen molar-refractivity contribution in [2.75, 3.05) is 5.32 Å². The molecule has 0 aliphatic rings. The minimum atomic E-state index is -0.742. The van der Waals surface area contributed by atoms with Crippen LogP contribution in [0, 0.1) is 17.2 Å². The molecule has 20 heavy (non-hydrogen) atoms. The summed E-state index contributed by atoms with van der Waals surface area (Å²) in [5.74, 6) is -1.09. The van der Waals surface area contributed by atoms with Crippen LogP contribution in [0.5, 0.6) is 0 Å². The van der Waals surface area contributed by atoms with Crippen molar-refractivity contribution in [3.05, 3.63) is 65.2 Å². The van der Waals surface area contributed by atoms with Crippen LogP contribution in [0.4, 0.5) is 5.69 Å². The first-order valence-corrected chi connectivity index (χ1v) is 6.57. The van der Waals surface area contributed by atoms with Crippen LogP contribution in [0.25, 0.3) is 0 Å². The van der Waals surface area contributed by atoms with Crippen LogP contribution in [0.2, 0.25) is 5.02 Å². The molecule has 0 heterocycles. The van der Waals surface area contributed by atoms with E-state index in [0.29, 0.717) is 17.1 Å². The maximum Gasteiger partial charge on any atom is 0.242 e. The molecule has 1 atom stereocenters. The van der Waals surface area contributed by atoms with Gasteiger partial charge in [-0.2, -0.15) is 5.26 Å². The van der Waals surface area contributed by atoms with E-state index in [2.05, 4.69) is 5.32 Å². The Morgan fingerprint density at radius 3 is 2.45 bits per heavy atom. The summed E-state index contributed by atoms with van der Waals surface area (Å²) >= 11 is 5.98. The van der Waals surface area contributed by atoms with Gasteiger partial charge in [-0.3, -0.25) is 4.79 Å². The molecule has 0 aliphatic carbocycles. The fourth-order valence-electron chi connectivity index (χ4n) is 1.83. The van der Waals surface area contributed by atoms with Crippen molar-refractivity contribution in [3.8, 4) is 6.07 Å². The first-order chi connectivity index (χ1) is 9.70. The number of nitriles is 1. The molecule has 1 N–H and O–H groups in total. The average molecular weight is 285 g/mol. The molecule has 1 amide bonds. The SMILES string of the molecule is N#CC(Cc1ccccc1)C(=O)Nc1ccccc1Cl. The van der Waals surface area contributed by atoms with Crippen LogP contribution in [0.15, 0.2) is 54.6 Å². The number of nitrogens with one attached hydrogen (secondary N) is 1. The summed E-state index contributed by atoms with van der Waals surface area (Å²) in [5.41, 5.74) is 1.47. The van der Waals surface area contributed by atoms with E-state index in [1.54, 1.807) is 24.3 Å². The van der Waals surface area contributed by atoms with Crippen molar-refractivity contribution in [2.45, 2.75) is 6.42 Å². The molecule has 0 spiro atoms. The Kier molecular flexibility index (Phi) is 4.75. The molecule has 0 saturated carbocycles. The number of benzene rings is 2. The van der Waals surface area contributed by atoms with E-state index in [9.17, 15) is 4.79 Å². The molecule has 100 valence electrons. The van der Waals surface area contributed by atoms with Gasteiger partial charge >= 0.3 is 0 Å². The number of rotatable bonds is 4. The van der Waals surface area contributed by atoms with E-state index in [1.165, 1.54) is 0 Å². The summed E-state index contributed by atoms with van der Waals surface area (Å²) in [4.78, 5) is 12.1. The lowest BCUT2D eigenvalue weighted by Gasteiger charge is -2.11. The van der Waals surface area contributed by atoms with E-state index in [1.807, 2.05) is 36.4 Å². The monoisotopic (exact) mass is 284 g/mol. The maximum atomic E-state index is 12.1. The molecule has 3 nitrogen and oxygen atoms in total.